The van der Waals surface area contributed by atoms with Crippen molar-refractivity contribution in [1.29, 1.82) is 0 Å². The molecule has 0 aliphatic carbocycles. The summed E-state index contributed by atoms with van der Waals surface area (Å²) in [5, 5.41) is 5.22. The molecular weight excluding hydrogens is 283 g/mol. The maximum absolute atomic E-state index is 13.5. The Hall–Kier alpha value is -1.62. The van der Waals surface area contributed by atoms with E-state index in [9.17, 15) is 14.0 Å². The average Bonchev–Trinajstić information content (AvgIpc) is 2.31. The van der Waals surface area contributed by atoms with Crippen LogP contribution in [0.5, 0.6) is 0 Å². The molecule has 1 aromatic rings. The van der Waals surface area contributed by atoms with Gasteiger partial charge in [0, 0.05) is 10.4 Å². The van der Waals surface area contributed by atoms with Crippen molar-refractivity contribution < 1.29 is 14.0 Å². The Morgan fingerprint density at radius 1 is 1.30 bits per heavy atom. The van der Waals surface area contributed by atoms with Gasteiger partial charge in [-0.3, -0.25) is 9.59 Å². The second-order valence-electron chi connectivity index (χ2n) is 5.56. The van der Waals surface area contributed by atoms with E-state index in [1.54, 1.807) is 20.8 Å². The fraction of sp³-hybridized carbons (Fsp3) is 0.429. The van der Waals surface area contributed by atoms with Crippen molar-refractivity contribution in [2.24, 2.45) is 5.41 Å². The zero-order valence-corrected chi connectivity index (χ0v) is 12.6. The molecule has 0 saturated carbocycles. The Morgan fingerprint density at radius 2 is 1.90 bits per heavy atom. The summed E-state index contributed by atoms with van der Waals surface area (Å²) in [5.74, 6) is -1.37. The molecule has 2 amide bonds. The zero-order chi connectivity index (χ0) is 15.5. The van der Waals surface area contributed by atoms with E-state index < -0.39 is 23.2 Å². The summed E-state index contributed by atoms with van der Waals surface area (Å²) in [5.41, 5.74) is -0.573. The fourth-order valence-corrected chi connectivity index (χ4v) is 1.47. The fourth-order valence-electron chi connectivity index (χ4n) is 1.31. The van der Waals surface area contributed by atoms with E-state index in [2.05, 4.69) is 10.6 Å². The van der Waals surface area contributed by atoms with Gasteiger partial charge in [-0.2, -0.15) is 0 Å². The Bertz CT molecular complexity index is 526. The first-order valence-electron chi connectivity index (χ1n) is 6.18. The number of hydrogen-bond donors (Lipinski definition) is 2. The van der Waals surface area contributed by atoms with Crippen LogP contribution in [0.15, 0.2) is 18.2 Å². The van der Waals surface area contributed by atoms with Crippen molar-refractivity contribution in [3.05, 3.63) is 29.0 Å². The van der Waals surface area contributed by atoms with Crippen molar-refractivity contribution in [2.75, 3.05) is 5.32 Å². The summed E-state index contributed by atoms with van der Waals surface area (Å²) >= 11 is 5.63. The SMILES string of the molecule is CC(NC(=O)C(C)(C)C)C(=O)Nc1ccc(Cl)cc1F. The molecule has 1 unspecified atom stereocenters. The largest absolute Gasteiger partial charge is 0.344 e. The Morgan fingerprint density at radius 3 is 2.40 bits per heavy atom. The lowest BCUT2D eigenvalue weighted by molar-refractivity contribution is -0.131. The van der Waals surface area contributed by atoms with E-state index in [4.69, 9.17) is 11.6 Å². The highest BCUT2D eigenvalue weighted by molar-refractivity contribution is 6.30. The molecule has 0 spiro atoms. The second-order valence-corrected chi connectivity index (χ2v) is 6.00. The molecule has 0 saturated heterocycles. The smallest absolute Gasteiger partial charge is 0.246 e. The molecule has 1 atom stereocenters. The number of rotatable bonds is 3. The molecule has 0 bridgehead atoms. The first-order chi connectivity index (χ1) is 9.11. The van der Waals surface area contributed by atoms with Crippen LogP contribution in [0.25, 0.3) is 0 Å². The monoisotopic (exact) mass is 300 g/mol. The first kappa shape index (κ1) is 16.4. The van der Waals surface area contributed by atoms with Crippen molar-refractivity contribution in [1.82, 2.24) is 5.32 Å². The lowest BCUT2D eigenvalue weighted by Gasteiger charge is -2.21. The number of carbonyl (C=O) groups excluding carboxylic acids is 2. The van der Waals surface area contributed by atoms with Crippen molar-refractivity contribution >= 4 is 29.1 Å². The van der Waals surface area contributed by atoms with Crippen LogP contribution in [0.3, 0.4) is 0 Å². The molecular formula is C14H18ClFN2O2. The number of nitrogens with one attached hydrogen (secondary N) is 2. The minimum atomic E-state index is -0.767. The van der Waals surface area contributed by atoms with Crippen molar-refractivity contribution in [3.8, 4) is 0 Å². The number of carbonyl (C=O) groups is 2. The van der Waals surface area contributed by atoms with E-state index >= 15 is 0 Å². The molecule has 4 nitrogen and oxygen atoms in total. The molecule has 110 valence electrons. The third-order valence-electron chi connectivity index (χ3n) is 2.61. The van der Waals surface area contributed by atoms with Gasteiger partial charge in [0.15, 0.2) is 0 Å². The van der Waals surface area contributed by atoms with Crippen molar-refractivity contribution in [2.45, 2.75) is 33.7 Å². The van der Waals surface area contributed by atoms with Crippen LogP contribution in [0.4, 0.5) is 10.1 Å². The maximum atomic E-state index is 13.5. The Kier molecular flexibility index (Phi) is 5.11. The van der Waals surface area contributed by atoms with Crippen LogP contribution in [0.2, 0.25) is 5.02 Å². The van der Waals surface area contributed by atoms with Gasteiger partial charge in [-0.1, -0.05) is 32.4 Å². The van der Waals surface area contributed by atoms with E-state index in [0.29, 0.717) is 0 Å². The van der Waals surface area contributed by atoms with Gasteiger partial charge in [0.25, 0.3) is 0 Å². The van der Waals surface area contributed by atoms with Gasteiger partial charge >= 0.3 is 0 Å². The molecule has 0 aliphatic rings. The summed E-state index contributed by atoms with van der Waals surface area (Å²) in [6.07, 6.45) is 0. The third-order valence-corrected chi connectivity index (χ3v) is 2.85. The molecule has 0 aromatic heterocycles. The molecule has 0 aliphatic heterocycles. The van der Waals surface area contributed by atoms with Crippen LogP contribution in [-0.2, 0) is 9.59 Å². The number of benzene rings is 1. The summed E-state index contributed by atoms with van der Waals surface area (Å²) in [7, 11) is 0. The summed E-state index contributed by atoms with van der Waals surface area (Å²) in [4.78, 5) is 23.6. The minimum Gasteiger partial charge on any atom is -0.344 e. The van der Waals surface area contributed by atoms with E-state index in [1.165, 1.54) is 19.1 Å². The van der Waals surface area contributed by atoms with Crippen LogP contribution >= 0.6 is 11.6 Å². The van der Waals surface area contributed by atoms with E-state index in [-0.39, 0.29) is 16.6 Å². The van der Waals surface area contributed by atoms with E-state index in [0.717, 1.165) is 6.07 Å². The Labute approximate surface area is 122 Å². The topological polar surface area (TPSA) is 58.2 Å². The van der Waals surface area contributed by atoms with Gasteiger partial charge in [0.05, 0.1) is 5.69 Å². The molecule has 0 radical (unpaired) electrons. The molecule has 20 heavy (non-hydrogen) atoms. The molecule has 1 rings (SSSR count). The molecule has 6 heteroatoms. The van der Waals surface area contributed by atoms with Gasteiger partial charge in [0.2, 0.25) is 11.8 Å². The summed E-state index contributed by atoms with van der Waals surface area (Å²) in [6, 6.07) is 3.18. The predicted octanol–water partition coefficient (Wildman–Crippen LogP) is 2.97. The highest BCUT2D eigenvalue weighted by Gasteiger charge is 2.25. The molecule has 2 N–H and O–H groups in total. The average molecular weight is 301 g/mol. The second kappa shape index (κ2) is 6.22. The third kappa shape index (κ3) is 4.49. The van der Waals surface area contributed by atoms with Crippen LogP contribution in [0, 0.1) is 11.2 Å². The van der Waals surface area contributed by atoms with Crippen LogP contribution in [-0.4, -0.2) is 17.9 Å². The quantitative estimate of drug-likeness (QED) is 0.901. The van der Waals surface area contributed by atoms with Crippen molar-refractivity contribution in [3.63, 3.8) is 0 Å². The highest BCUT2D eigenvalue weighted by Crippen LogP contribution is 2.19. The van der Waals surface area contributed by atoms with Gasteiger partial charge in [-0.05, 0) is 25.1 Å². The summed E-state index contributed by atoms with van der Waals surface area (Å²) < 4.78 is 13.5. The lowest BCUT2D eigenvalue weighted by atomic mass is 9.95. The van der Waals surface area contributed by atoms with Gasteiger partial charge in [0.1, 0.15) is 11.9 Å². The minimum absolute atomic E-state index is 0.0243. The van der Waals surface area contributed by atoms with Crippen LogP contribution in [0.1, 0.15) is 27.7 Å². The van der Waals surface area contributed by atoms with E-state index in [1.807, 2.05) is 0 Å². The number of amides is 2. The molecule has 0 fully saturated rings. The normalized spacial score (nSPS) is 12.7. The highest BCUT2D eigenvalue weighted by atomic mass is 35.5. The standard InChI is InChI=1S/C14H18ClFN2O2/c1-8(17-13(20)14(2,3)4)12(19)18-11-6-5-9(15)7-10(11)16/h5-8H,1-4H3,(H,17,20)(H,18,19). The Balaban J connectivity index is 2.69. The molecule has 0 heterocycles. The van der Waals surface area contributed by atoms with Gasteiger partial charge in [-0.25, -0.2) is 4.39 Å². The summed E-state index contributed by atoms with van der Waals surface area (Å²) in [6.45, 7) is 6.76. The predicted molar refractivity (Wildman–Crippen MR) is 77.1 cm³/mol. The maximum Gasteiger partial charge on any atom is 0.246 e. The number of hydrogen-bond acceptors (Lipinski definition) is 2. The van der Waals surface area contributed by atoms with Gasteiger partial charge < -0.3 is 10.6 Å². The van der Waals surface area contributed by atoms with Gasteiger partial charge in [-0.15, -0.1) is 0 Å². The zero-order valence-electron chi connectivity index (χ0n) is 11.9. The number of anilines is 1. The lowest BCUT2D eigenvalue weighted by Crippen LogP contribution is -2.46. The van der Waals surface area contributed by atoms with Crippen LogP contribution < -0.4 is 10.6 Å². The number of halogens is 2. The molecule has 1 aromatic carbocycles. The first-order valence-corrected chi connectivity index (χ1v) is 6.56.